The minimum Gasteiger partial charge on any atom is -0.359 e. The zero-order chi connectivity index (χ0) is 8.97. The first-order valence-electron chi connectivity index (χ1n) is 3.77. The average Bonchev–Trinajstić information content (AvgIpc) is 2.09. The lowest BCUT2D eigenvalue weighted by Crippen LogP contribution is -2.19. The lowest BCUT2D eigenvalue weighted by atomic mass is 10.1. The molecule has 0 radical (unpaired) electrons. The molecule has 3 heteroatoms. The minimum atomic E-state index is 0.0477. The highest BCUT2D eigenvalue weighted by Gasteiger charge is 1.98. The molecule has 1 aromatic rings. The van der Waals surface area contributed by atoms with E-state index in [4.69, 9.17) is 0 Å². The zero-order valence-electron chi connectivity index (χ0n) is 7.00. The number of hydrogen-bond donors (Lipinski definition) is 1. The molecule has 0 saturated heterocycles. The second-order valence-electron chi connectivity index (χ2n) is 2.59. The van der Waals surface area contributed by atoms with E-state index in [2.05, 4.69) is 14.6 Å². The predicted molar refractivity (Wildman–Crippen MR) is 53.6 cm³/mol. The van der Waals surface area contributed by atoms with Crippen LogP contribution < -0.4 is 10.6 Å². The van der Waals surface area contributed by atoms with E-state index in [-0.39, 0.29) is 5.91 Å². The van der Waals surface area contributed by atoms with Crippen LogP contribution in [0.4, 0.5) is 0 Å². The Hall–Kier alpha value is -0.880. The maximum absolute atomic E-state index is 10.9. The number of benzene rings is 1. The van der Waals surface area contributed by atoms with Gasteiger partial charge in [-0.2, -0.15) is 0 Å². The number of hydrogen-bond acceptors (Lipinski definition) is 1. The van der Waals surface area contributed by atoms with Crippen LogP contribution in [0.2, 0.25) is 0 Å². The van der Waals surface area contributed by atoms with E-state index in [0.29, 0.717) is 6.42 Å². The van der Waals surface area contributed by atoms with Crippen LogP contribution in [0.25, 0.3) is 0 Å². The summed E-state index contributed by atoms with van der Waals surface area (Å²) in [6.07, 6.45) is 0.460. The summed E-state index contributed by atoms with van der Waals surface area (Å²) in [5.74, 6) is 0.0477. The van der Waals surface area contributed by atoms with Gasteiger partial charge in [0.05, 0.1) is 6.42 Å². The number of carbonyl (C=O) groups excluding carboxylic acids is 1. The molecule has 0 aliphatic heterocycles. The van der Waals surface area contributed by atoms with Crippen molar-refractivity contribution in [1.82, 2.24) is 5.32 Å². The molecule has 0 spiro atoms. The third kappa shape index (κ3) is 2.63. The summed E-state index contributed by atoms with van der Waals surface area (Å²) in [6.45, 7) is 0. The molecule has 1 N–H and O–H groups in total. The summed E-state index contributed by atoms with van der Waals surface area (Å²) < 4.78 is 0. The Morgan fingerprint density at radius 2 is 2.00 bits per heavy atom. The summed E-state index contributed by atoms with van der Waals surface area (Å²) in [5.41, 5.74) is 1.04. The second-order valence-corrected chi connectivity index (χ2v) is 3.26. The van der Waals surface area contributed by atoms with Gasteiger partial charge in [0.2, 0.25) is 5.91 Å². The second kappa shape index (κ2) is 4.22. The highest BCUT2D eigenvalue weighted by atomic mass is 31.0. The average molecular weight is 181 g/mol. The lowest BCUT2D eigenvalue weighted by molar-refractivity contribution is -0.119. The Bertz CT molecular complexity index is 268. The molecule has 0 bridgehead atoms. The van der Waals surface area contributed by atoms with Gasteiger partial charge in [-0.3, -0.25) is 4.79 Å². The predicted octanol–water partition coefficient (Wildman–Crippen LogP) is 0.475. The van der Waals surface area contributed by atoms with Crippen molar-refractivity contribution in [3.8, 4) is 0 Å². The molecule has 12 heavy (non-hydrogen) atoms. The first kappa shape index (κ1) is 9.21. The fourth-order valence-electron chi connectivity index (χ4n) is 0.909. The summed E-state index contributed by atoms with van der Waals surface area (Å²) in [7, 11) is 4.25. The normalized spacial score (nSPS) is 9.50. The van der Waals surface area contributed by atoms with Gasteiger partial charge in [0.25, 0.3) is 0 Å². The van der Waals surface area contributed by atoms with Gasteiger partial charge in [-0.15, -0.1) is 9.24 Å². The van der Waals surface area contributed by atoms with Gasteiger partial charge in [-0.05, 0) is 10.9 Å². The lowest BCUT2D eigenvalue weighted by Gasteiger charge is -1.99. The maximum Gasteiger partial charge on any atom is 0.224 e. The number of carbonyl (C=O) groups is 1. The highest BCUT2D eigenvalue weighted by molar-refractivity contribution is 7.27. The molecular formula is C9H12NOP. The monoisotopic (exact) mass is 181 g/mol. The van der Waals surface area contributed by atoms with E-state index in [1.807, 2.05) is 24.3 Å². The SMILES string of the molecule is CNC(=O)Cc1ccc(P)cc1. The summed E-state index contributed by atoms with van der Waals surface area (Å²) in [4.78, 5) is 10.9. The molecule has 64 valence electrons. The summed E-state index contributed by atoms with van der Waals surface area (Å²) >= 11 is 0. The Balaban J connectivity index is 2.64. The Kier molecular flexibility index (Phi) is 3.24. The minimum absolute atomic E-state index is 0.0477. The molecule has 1 aromatic carbocycles. The van der Waals surface area contributed by atoms with E-state index in [0.717, 1.165) is 10.9 Å². The first-order valence-corrected chi connectivity index (χ1v) is 4.35. The third-order valence-corrected chi connectivity index (χ3v) is 2.01. The van der Waals surface area contributed by atoms with Crippen LogP contribution in [0, 0.1) is 0 Å². The van der Waals surface area contributed by atoms with Gasteiger partial charge in [0, 0.05) is 7.05 Å². The van der Waals surface area contributed by atoms with Gasteiger partial charge < -0.3 is 5.32 Å². The van der Waals surface area contributed by atoms with E-state index >= 15 is 0 Å². The molecule has 1 atom stereocenters. The molecular weight excluding hydrogens is 169 g/mol. The first-order chi connectivity index (χ1) is 5.72. The van der Waals surface area contributed by atoms with Crippen molar-refractivity contribution in [3.63, 3.8) is 0 Å². The van der Waals surface area contributed by atoms with Gasteiger partial charge >= 0.3 is 0 Å². The Labute approximate surface area is 74.6 Å². The van der Waals surface area contributed by atoms with Crippen molar-refractivity contribution in [2.24, 2.45) is 0 Å². The van der Waals surface area contributed by atoms with Crippen molar-refractivity contribution in [2.45, 2.75) is 6.42 Å². The van der Waals surface area contributed by atoms with Crippen LogP contribution in [0.1, 0.15) is 5.56 Å². The van der Waals surface area contributed by atoms with E-state index in [9.17, 15) is 4.79 Å². The molecule has 0 saturated carbocycles. The molecule has 0 aliphatic carbocycles. The molecule has 1 rings (SSSR count). The standard InChI is InChI=1S/C9H12NOP/c1-10-9(11)6-7-2-4-8(12)5-3-7/h2-5H,6,12H2,1H3,(H,10,11). The molecule has 0 fully saturated rings. The van der Waals surface area contributed by atoms with Gasteiger partial charge in [-0.25, -0.2) is 0 Å². The zero-order valence-corrected chi connectivity index (χ0v) is 8.16. The molecule has 0 aliphatic rings. The Morgan fingerprint density at radius 1 is 1.42 bits per heavy atom. The van der Waals surface area contributed by atoms with Crippen molar-refractivity contribution >= 4 is 20.5 Å². The molecule has 1 amide bonds. The molecule has 1 unspecified atom stereocenters. The topological polar surface area (TPSA) is 29.1 Å². The van der Waals surface area contributed by atoms with E-state index in [1.165, 1.54) is 0 Å². The summed E-state index contributed by atoms with van der Waals surface area (Å²) in [5, 5.41) is 3.72. The smallest absolute Gasteiger partial charge is 0.224 e. The van der Waals surface area contributed by atoms with Crippen LogP contribution in [0.15, 0.2) is 24.3 Å². The largest absolute Gasteiger partial charge is 0.359 e. The van der Waals surface area contributed by atoms with Crippen LogP contribution in [0.3, 0.4) is 0 Å². The molecule has 0 aromatic heterocycles. The van der Waals surface area contributed by atoms with Crippen molar-refractivity contribution in [1.29, 1.82) is 0 Å². The molecule has 0 heterocycles. The number of rotatable bonds is 2. The van der Waals surface area contributed by atoms with Crippen molar-refractivity contribution in [3.05, 3.63) is 29.8 Å². The third-order valence-electron chi connectivity index (χ3n) is 1.62. The fourth-order valence-corrected chi connectivity index (χ4v) is 1.10. The number of likely N-dealkylation sites (N-methyl/N-ethyl adjacent to an activating group) is 1. The van der Waals surface area contributed by atoms with E-state index in [1.54, 1.807) is 7.05 Å². The van der Waals surface area contributed by atoms with E-state index < -0.39 is 0 Å². The van der Waals surface area contributed by atoms with Crippen LogP contribution in [-0.4, -0.2) is 13.0 Å². The van der Waals surface area contributed by atoms with Crippen LogP contribution in [0.5, 0.6) is 0 Å². The van der Waals surface area contributed by atoms with Gasteiger partial charge in [0.1, 0.15) is 0 Å². The van der Waals surface area contributed by atoms with Crippen molar-refractivity contribution < 1.29 is 4.79 Å². The summed E-state index contributed by atoms with van der Waals surface area (Å²) in [6, 6.07) is 7.86. The van der Waals surface area contributed by atoms with Crippen LogP contribution >= 0.6 is 9.24 Å². The van der Waals surface area contributed by atoms with Crippen LogP contribution in [-0.2, 0) is 11.2 Å². The maximum atomic E-state index is 10.9. The van der Waals surface area contributed by atoms with Gasteiger partial charge in [-0.1, -0.05) is 24.3 Å². The fraction of sp³-hybridized carbons (Fsp3) is 0.222. The number of amides is 1. The quantitative estimate of drug-likeness (QED) is 0.660. The van der Waals surface area contributed by atoms with Crippen molar-refractivity contribution in [2.75, 3.05) is 7.05 Å². The molecule has 2 nitrogen and oxygen atoms in total. The number of nitrogens with one attached hydrogen (secondary N) is 1. The van der Waals surface area contributed by atoms with Gasteiger partial charge in [0.15, 0.2) is 0 Å². The Morgan fingerprint density at radius 3 is 2.50 bits per heavy atom. The highest BCUT2D eigenvalue weighted by Crippen LogP contribution is 1.99.